The van der Waals surface area contributed by atoms with Crippen molar-refractivity contribution >= 4 is 11.2 Å². The number of fused-ring (bicyclic) bond motifs is 3. The SMILES string of the molecule is Cc1cc(C(F)(F)F)cc(O)c1-c1cnc2cn(C3COC4(C)CC3C4)nc2n1. The average Bonchev–Trinajstić information content (AvgIpc) is 3.03. The molecule has 3 aliphatic rings. The van der Waals surface area contributed by atoms with E-state index in [0.717, 1.165) is 18.9 Å². The number of rotatable bonds is 2. The lowest BCUT2D eigenvalue weighted by molar-refractivity contribution is -0.192. The van der Waals surface area contributed by atoms with Crippen molar-refractivity contribution < 1.29 is 23.0 Å². The molecule has 29 heavy (non-hydrogen) atoms. The van der Waals surface area contributed by atoms with Crippen LogP contribution in [0.15, 0.2) is 24.5 Å². The van der Waals surface area contributed by atoms with Gasteiger partial charge in [0, 0.05) is 5.56 Å². The second kappa shape index (κ2) is 5.91. The molecule has 1 saturated carbocycles. The minimum Gasteiger partial charge on any atom is -0.507 e. The standard InChI is InChI=1S/C20H19F3N4O2/c1-10-3-12(20(21,22)23)4-16(28)17(10)13-7-24-14-8-27(26-18(14)25-13)15-9-29-19(2)5-11(15)6-19/h3-4,7-8,11,15,28H,5-6,9H2,1-2H3. The van der Waals surface area contributed by atoms with Crippen molar-refractivity contribution in [3.05, 3.63) is 35.7 Å². The summed E-state index contributed by atoms with van der Waals surface area (Å²) in [5, 5.41) is 14.8. The zero-order valence-corrected chi connectivity index (χ0v) is 15.9. The van der Waals surface area contributed by atoms with Gasteiger partial charge in [0.15, 0.2) is 5.65 Å². The fourth-order valence-electron chi connectivity index (χ4n) is 4.53. The Hall–Kier alpha value is -2.68. The highest BCUT2D eigenvalue weighted by atomic mass is 19.4. The lowest BCUT2D eigenvalue weighted by Gasteiger charge is -2.53. The molecular formula is C20H19F3N4O2. The van der Waals surface area contributed by atoms with Crippen LogP contribution in [0, 0.1) is 12.8 Å². The van der Waals surface area contributed by atoms with Crippen molar-refractivity contribution in [1.29, 1.82) is 0 Å². The van der Waals surface area contributed by atoms with Crippen LogP contribution in [0.2, 0.25) is 0 Å². The molecule has 3 aromatic rings. The molecule has 2 bridgehead atoms. The molecule has 152 valence electrons. The molecule has 1 aliphatic carbocycles. The summed E-state index contributed by atoms with van der Waals surface area (Å²) in [7, 11) is 0. The zero-order valence-electron chi connectivity index (χ0n) is 15.9. The second-order valence-corrected chi connectivity index (χ2v) is 8.25. The van der Waals surface area contributed by atoms with Crippen LogP contribution in [-0.4, -0.2) is 37.1 Å². The van der Waals surface area contributed by atoms with Crippen LogP contribution in [0.4, 0.5) is 13.2 Å². The van der Waals surface area contributed by atoms with E-state index in [1.807, 2.05) is 10.9 Å². The smallest absolute Gasteiger partial charge is 0.416 e. The molecule has 4 heterocycles. The second-order valence-electron chi connectivity index (χ2n) is 8.25. The molecule has 3 fully saturated rings. The number of alkyl halides is 3. The largest absolute Gasteiger partial charge is 0.507 e. The summed E-state index contributed by atoms with van der Waals surface area (Å²) in [6.07, 6.45) is 0.730. The van der Waals surface area contributed by atoms with Crippen molar-refractivity contribution in [3.8, 4) is 17.0 Å². The van der Waals surface area contributed by atoms with Crippen molar-refractivity contribution in [1.82, 2.24) is 19.7 Å². The maximum Gasteiger partial charge on any atom is 0.416 e. The topological polar surface area (TPSA) is 73.1 Å². The first-order valence-electron chi connectivity index (χ1n) is 9.40. The van der Waals surface area contributed by atoms with Crippen molar-refractivity contribution in [2.24, 2.45) is 5.92 Å². The number of phenols is 1. The van der Waals surface area contributed by atoms with Gasteiger partial charge >= 0.3 is 6.18 Å². The molecule has 6 rings (SSSR count). The summed E-state index contributed by atoms with van der Waals surface area (Å²) in [6.45, 7) is 4.20. The normalized spacial score (nSPS) is 26.5. The number of aryl methyl sites for hydroxylation is 1. The van der Waals surface area contributed by atoms with Gasteiger partial charge in [-0.1, -0.05) is 0 Å². The van der Waals surface area contributed by atoms with Gasteiger partial charge in [-0.3, -0.25) is 4.68 Å². The molecule has 1 N–H and O–H groups in total. The Kier molecular flexibility index (Phi) is 3.74. The Bertz CT molecular complexity index is 1090. The Morgan fingerprint density at radius 2 is 2.03 bits per heavy atom. The summed E-state index contributed by atoms with van der Waals surface area (Å²) >= 11 is 0. The molecule has 0 amide bonds. The van der Waals surface area contributed by atoms with Gasteiger partial charge in [-0.15, -0.1) is 0 Å². The van der Waals surface area contributed by atoms with E-state index >= 15 is 0 Å². The van der Waals surface area contributed by atoms with E-state index in [1.54, 1.807) is 0 Å². The predicted molar refractivity (Wildman–Crippen MR) is 98.3 cm³/mol. The summed E-state index contributed by atoms with van der Waals surface area (Å²) in [5.41, 5.74) is 0.827. The van der Waals surface area contributed by atoms with Gasteiger partial charge in [-0.05, 0) is 50.3 Å². The maximum atomic E-state index is 13.0. The number of halogens is 3. The first-order valence-corrected chi connectivity index (χ1v) is 9.40. The first-order chi connectivity index (χ1) is 13.6. The Morgan fingerprint density at radius 1 is 1.28 bits per heavy atom. The Balaban J connectivity index is 1.51. The van der Waals surface area contributed by atoms with Gasteiger partial charge in [0.25, 0.3) is 0 Å². The number of hydrogen-bond acceptors (Lipinski definition) is 5. The maximum absolute atomic E-state index is 13.0. The molecule has 0 spiro atoms. The number of ether oxygens (including phenoxy) is 1. The van der Waals surface area contributed by atoms with Crippen molar-refractivity contribution in [2.75, 3.05) is 6.61 Å². The van der Waals surface area contributed by atoms with E-state index in [-0.39, 0.29) is 28.5 Å². The third kappa shape index (κ3) is 2.95. The Labute approximate surface area is 164 Å². The number of aromatic hydroxyl groups is 1. The lowest BCUT2D eigenvalue weighted by Crippen LogP contribution is -2.53. The van der Waals surface area contributed by atoms with E-state index in [0.29, 0.717) is 29.8 Å². The van der Waals surface area contributed by atoms with E-state index in [9.17, 15) is 18.3 Å². The highest BCUT2D eigenvalue weighted by molar-refractivity contribution is 5.77. The van der Waals surface area contributed by atoms with Gasteiger partial charge in [-0.2, -0.15) is 18.3 Å². The van der Waals surface area contributed by atoms with Gasteiger partial charge in [0.1, 0.15) is 11.3 Å². The summed E-state index contributed by atoms with van der Waals surface area (Å²) in [4.78, 5) is 8.81. The van der Waals surface area contributed by atoms with Crippen LogP contribution in [0.1, 0.15) is 36.9 Å². The lowest BCUT2D eigenvalue weighted by atomic mass is 9.66. The van der Waals surface area contributed by atoms with E-state index in [1.165, 1.54) is 13.1 Å². The fraction of sp³-hybridized carbons (Fsp3) is 0.450. The molecular weight excluding hydrogens is 385 g/mol. The molecule has 1 atom stereocenters. The van der Waals surface area contributed by atoms with Crippen LogP contribution in [0.25, 0.3) is 22.4 Å². The van der Waals surface area contributed by atoms with Crippen LogP contribution in [-0.2, 0) is 10.9 Å². The monoisotopic (exact) mass is 404 g/mol. The average molecular weight is 404 g/mol. The van der Waals surface area contributed by atoms with Gasteiger partial charge in [0.05, 0.1) is 41.9 Å². The quantitative estimate of drug-likeness (QED) is 0.691. The zero-order chi connectivity index (χ0) is 20.6. The molecule has 2 aliphatic heterocycles. The minimum absolute atomic E-state index is 0.00492. The van der Waals surface area contributed by atoms with Crippen LogP contribution in [0.5, 0.6) is 5.75 Å². The van der Waals surface area contributed by atoms with Crippen LogP contribution in [0.3, 0.4) is 0 Å². The van der Waals surface area contributed by atoms with E-state index < -0.39 is 17.5 Å². The third-order valence-corrected chi connectivity index (χ3v) is 6.02. The van der Waals surface area contributed by atoms with Crippen molar-refractivity contribution in [3.63, 3.8) is 0 Å². The number of benzene rings is 1. The number of aromatic nitrogens is 4. The summed E-state index contributed by atoms with van der Waals surface area (Å²) < 4.78 is 46.7. The minimum atomic E-state index is -4.53. The molecule has 0 radical (unpaired) electrons. The Morgan fingerprint density at radius 3 is 2.66 bits per heavy atom. The summed E-state index contributed by atoms with van der Waals surface area (Å²) in [6, 6.07) is 1.82. The predicted octanol–water partition coefficient (Wildman–Crippen LogP) is 4.27. The van der Waals surface area contributed by atoms with Crippen LogP contribution >= 0.6 is 0 Å². The van der Waals surface area contributed by atoms with E-state index in [4.69, 9.17) is 4.74 Å². The highest BCUT2D eigenvalue weighted by Gasteiger charge is 2.50. The molecule has 1 aromatic carbocycles. The van der Waals surface area contributed by atoms with Gasteiger partial charge in [-0.25, -0.2) is 9.97 Å². The third-order valence-electron chi connectivity index (χ3n) is 6.02. The highest BCUT2D eigenvalue weighted by Crippen LogP contribution is 2.51. The fourth-order valence-corrected chi connectivity index (χ4v) is 4.53. The number of hydrogen-bond donors (Lipinski definition) is 1. The van der Waals surface area contributed by atoms with Gasteiger partial charge in [0.2, 0.25) is 0 Å². The molecule has 1 unspecified atom stereocenters. The van der Waals surface area contributed by atoms with Crippen LogP contribution < -0.4 is 0 Å². The molecule has 2 saturated heterocycles. The van der Waals surface area contributed by atoms with E-state index in [2.05, 4.69) is 22.0 Å². The number of nitrogens with zero attached hydrogens (tertiary/aromatic N) is 4. The number of phenolic OH excluding ortho intramolecular Hbond substituents is 1. The van der Waals surface area contributed by atoms with Crippen molar-refractivity contribution in [2.45, 2.75) is 44.5 Å². The first kappa shape index (κ1) is 18.4. The molecule has 2 aromatic heterocycles. The summed E-state index contributed by atoms with van der Waals surface area (Å²) in [5.74, 6) is 0.0172. The van der Waals surface area contributed by atoms with Gasteiger partial charge < -0.3 is 9.84 Å². The molecule has 6 nitrogen and oxygen atoms in total. The molecule has 9 heteroatoms.